The fraction of sp³-hybridized carbons (Fsp3) is 0.720. The van der Waals surface area contributed by atoms with Crippen molar-refractivity contribution in [1.29, 1.82) is 5.41 Å². The van der Waals surface area contributed by atoms with E-state index in [0.717, 1.165) is 12.6 Å². The van der Waals surface area contributed by atoms with Crippen LogP contribution in [-0.2, 0) is 0 Å². The van der Waals surface area contributed by atoms with E-state index in [0.29, 0.717) is 17.9 Å². The molecule has 1 aromatic carbocycles. The monoisotopic (exact) mass is 389 g/mol. The Balaban J connectivity index is 1.81. The molecule has 0 aliphatic rings. The highest BCUT2D eigenvalue weighted by Crippen LogP contribution is 2.22. The van der Waals surface area contributed by atoms with Crippen LogP contribution in [0, 0.1) is 5.41 Å². The fourth-order valence-electron chi connectivity index (χ4n) is 3.58. The van der Waals surface area contributed by atoms with Crippen molar-refractivity contribution in [3.8, 4) is 11.5 Å². The smallest absolute Gasteiger partial charge is 0.128 e. The fourth-order valence-corrected chi connectivity index (χ4v) is 3.58. The van der Waals surface area contributed by atoms with Crippen LogP contribution in [0.5, 0.6) is 11.5 Å². The molecule has 28 heavy (non-hydrogen) atoms. The van der Waals surface area contributed by atoms with Gasteiger partial charge in [-0.3, -0.25) is 0 Å². The lowest BCUT2D eigenvalue weighted by Crippen LogP contribution is -1.97. The van der Waals surface area contributed by atoms with Crippen LogP contribution < -0.4 is 4.74 Å². The molecule has 0 spiro atoms. The summed E-state index contributed by atoms with van der Waals surface area (Å²) in [5.74, 6) is 0.795. The molecule has 0 saturated carbocycles. The number of nitrogens with one attached hydrogen (secondary N) is 1. The van der Waals surface area contributed by atoms with Crippen LogP contribution in [0.25, 0.3) is 0 Å². The Kier molecular flexibility index (Phi) is 15.4. The Labute approximate surface area is 173 Å². The molecule has 0 aliphatic heterocycles. The first-order chi connectivity index (χ1) is 13.8. The molecule has 160 valence electrons. The van der Waals surface area contributed by atoms with Gasteiger partial charge in [-0.25, -0.2) is 0 Å². The Bertz CT molecular complexity index is 501. The van der Waals surface area contributed by atoms with E-state index in [4.69, 9.17) is 10.1 Å². The molecule has 2 N–H and O–H groups in total. The number of benzene rings is 1. The van der Waals surface area contributed by atoms with E-state index in [1.807, 2.05) is 6.07 Å². The van der Waals surface area contributed by atoms with Crippen LogP contribution in [-0.4, -0.2) is 17.9 Å². The van der Waals surface area contributed by atoms with E-state index in [2.05, 4.69) is 6.92 Å². The number of aromatic hydroxyl groups is 1. The number of phenols is 1. The molecule has 0 atom stereocenters. The Morgan fingerprint density at radius 2 is 1.21 bits per heavy atom. The summed E-state index contributed by atoms with van der Waals surface area (Å²) in [4.78, 5) is 0. The minimum Gasteiger partial charge on any atom is -0.507 e. The maximum Gasteiger partial charge on any atom is 0.128 e. The summed E-state index contributed by atoms with van der Waals surface area (Å²) in [6.45, 7) is 2.98. The van der Waals surface area contributed by atoms with E-state index < -0.39 is 0 Å². The molecule has 0 saturated heterocycles. The first-order valence-corrected chi connectivity index (χ1v) is 11.7. The number of rotatable bonds is 19. The molecule has 0 heterocycles. The summed E-state index contributed by atoms with van der Waals surface area (Å²) in [6.07, 6.45) is 23.0. The standard InChI is InChI=1S/C25H43NO2/c1-2-3-4-5-6-7-8-9-10-11-12-13-14-15-16-17-20-28-24-19-18-23(22-26)25(27)21-24/h18-19,21-22,26-27H,2-17,20H2,1H3. The molecular weight excluding hydrogens is 346 g/mol. The average Bonchev–Trinajstić information content (AvgIpc) is 2.70. The topological polar surface area (TPSA) is 53.3 Å². The minimum atomic E-state index is 0.111. The largest absolute Gasteiger partial charge is 0.507 e. The lowest BCUT2D eigenvalue weighted by molar-refractivity contribution is 0.302. The quantitative estimate of drug-likeness (QED) is 0.186. The summed E-state index contributed by atoms with van der Waals surface area (Å²) in [5.41, 5.74) is 0.523. The third-order valence-corrected chi connectivity index (χ3v) is 5.42. The minimum absolute atomic E-state index is 0.111. The zero-order chi connectivity index (χ0) is 20.3. The molecule has 3 nitrogen and oxygen atoms in total. The molecule has 0 amide bonds. The number of phenolic OH excluding ortho intramolecular Hbond substituents is 1. The second-order valence-electron chi connectivity index (χ2n) is 8.02. The molecule has 0 radical (unpaired) electrons. The van der Waals surface area contributed by atoms with Gasteiger partial charge in [0.05, 0.1) is 6.61 Å². The van der Waals surface area contributed by atoms with Gasteiger partial charge in [-0.1, -0.05) is 103 Å². The van der Waals surface area contributed by atoms with Crippen LogP contribution in [0.3, 0.4) is 0 Å². The Morgan fingerprint density at radius 1 is 0.750 bits per heavy atom. The number of ether oxygens (including phenoxy) is 1. The van der Waals surface area contributed by atoms with Gasteiger partial charge in [0, 0.05) is 17.8 Å². The average molecular weight is 390 g/mol. The van der Waals surface area contributed by atoms with Gasteiger partial charge >= 0.3 is 0 Å². The van der Waals surface area contributed by atoms with Gasteiger partial charge in [-0.2, -0.15) is 0 Å². The van der Waals surface area contributed by atoms with Crippen molar-refractivity contribution in [2.75, 3.05) is 6.61 Å². The van der Waals surface area contributed by atoms with E-state index in [9.17, 15) is 5.11 Å². The van der Waals surface area contributed by atoms with E-state index >= 15 is 0 Å². The van der Waals surface area contributed by atoms with Crippen molar-refractivity contribution in [3.05, 3.63) is 23.8 Å². The maximum absolute atomic E-state index is 9.70. The highest BCUT2D eigenvalue weighted by molar-refractivity contribution is 5.81. The molecule has 0 bridgehead atoms. The summed E-state index contributed by atoms with van der Waals surface area (Å²) < 4.78 is 5.67. The van der Waals surface area contributed by atoms with E-state index in [1.54, 1.807) is 12.1 Å². The van der Waals surface area contributed by atoms with Gasteiger partial charge in [0.15, 0.2) is 0 Å². The van der Waals surface area contributed by atoms with E-state index in [1.165, 1.54) is 96.3 Å². The molecule has 0 fully saturated rings. The van der Waals surface area contributed by atoms with Gasteiger partial charge in [-0.15, -0.1) is 0 Å². The third-order valence-electron chi connectivity index (χ3n) is 5.42. The lowest BCUT2D eigenvalue weighted by atomic mass is 10.0. The zero-order valence-electron chi connectivity index (χ0n) is 18.2. The van der Waals surface area contributed by atoms with Crippen molar-refractivity contribution in [3.63, 3.8) is 0 Å². The zero-order valence-corrected chi connectivity index (χ0v) is 18.2. The number of unbranched alkanes of at least 4 members (excludes halogenated alkanes) is 15. The molecule has 0 aliphatic carbocycles. The van der Waals surface area contributed by atoms with Crippen LogP contribution in [0.4, 0.5) is 0 Å². The van der Waals surface area contributed by atoms with Crippen molar-refractivity contribution in [1.82, 2.24) is 0 Å². The van der Waals surface area contributed by atoms with Gasteiger partial charge in [0.25, 0.3) is 0 Å². The predicted octanol–water partition coefficient (Wildman–Crippen LogP) is 8.03. The van der Waals surface area contributed by atoms with Crippen LogP contribution in [0.2, 0.25) is 0 Å². The van der Waals surface area contributed by atoms with Gasteiger partial charge in [0.2, 0.25) is 0 Å². The summed E-state index contributed by atoms with van der Waals surface area (Å²) in [5, 5.41) is 16.9. The normalized spacial score (nSPS) is 10.9. The SMILES string of the molecule is CCCCCCCCCCCCCCCCCCOc1ccc(C=N)c(O)c1. The van der Waals surface area contributed by atoms with Crippen molar-refractivity contribution >= 4 is 6.21 Å². The van der Waals surface area contributed by atoms with Crippen LogP contribution >= 0.6 is 0 Å². The van der Waals surface area contributed by atoms with Crippen molar-refractivity contribution < 1.29 is 9.84 Å². The maximum atomic E-state index is 9.70. The van der Waals surface area contributed by atoms with Crippen LogP contribution in [0.15, 0.2) is 18.2 Å². The molecule has 1 aromatic rings. The van der Waals surface area contributed by atoms with Crippen molar-refractivity contribution in [2.45, 2.75) is 110 Å². The second kappa shape index (κ2) is 17.6. The molecule has 3 heteroatoms. The summed E-state index contributed by atoms with van der Waals surface area (Å²) in [7, 11) is 0. The highest BCUT2D eigenvalue weighted by atomic mass is 16.5. The van der Waals surface area contributed by atoms with E-state index in [-0.39, 0.29) is 5.75 Å². The first-order valence-electron chi connectivity index (χ1n) is 11.7. The van der Waals surface area contributed by atoms with Gasteiger partial charge < -0.3 is 15.3 Å². The number of hydrogen-bond acceptors (Lipinski definition) is 3. The van der Waals surface area contributed by atoms with Gasteiger partial charge in [0.1, 0.15) is 11.5 Å². The third kappa shape index (κ3) is 12.8. The molecular formula is C25H43NO2. The molecule has 1 rings (SSSR count). The molecule has 0 unspecified atom stereocenters. The summed E-state index contributed by atoms with van der Waals surface area (Å²) in [6, 6.07) is 5.12. The predicted molar refractivity (Wildman–Crippen MR) is 121 cm³/mol. The molecule has 0 aromatic heterocycles. The van der Waals surface area contributed by atoms with Crippen LogP contribution in [0.1, 0.15) is 115 Å². The Hall–Kier alpha value is -1.51. The van der Waals surface area contributed by atoms with Crippen molar-refractivity contribution in [2.24, 2.45) is 0 Å². The van der Waals surface area contributed by atoms with Gasteiger partial charge in [-0.05, 0) is 18.6 Å². The number of hydrogen-bond donors (Lipinski definition) is 2. The highest BCUT2D eigenvalue weighted by Gasteiger charge is 2.01. The lowest BCUT2D eigenvalue weighted by Gasteiger charge is -2.07. The Morgan fingerprint density at radius 3 is 1.64 bits per heavy atom. The first kappa shape index (κ1) is 24.5. The summed E-state index contributed by atoms with van der Waals surface area (Å²) >= 11 is 0. The second-order valence-corrected chi connectivity index (χ2v) is 8.02.